The van der Waals surface area contributed by atoms with E-state index in [0.717, 1.165) is 60.9 Å². The first-order valence-electron chi connectivity index (χ1n) is 12.1. The Morgan fingerprint density at radius 2 is 1.66 bits per heavy atom. The molecule has 0 spiro atoms. The molecular formula is C29H37N3O3. The molecule has 0 amide bonds. The Kier molecular flexibility index (Phi) is 9.85. The molecule has 1 fully saturated rings. The summed E-state index contributed by atoms with van der Waals surface area (Å²) in [6.45, 7) is 11.6. The highest BCUT2D eigenvalue weighted by Gasteiger charge is 2.15. The second-order valence-corrected chi connectivity index (χ2v) is 9.49. The summed E-state index contributed by atoms with van der Waals surface area (Å²) in [5.41, 5.74) is 10.2. The minimum atomic E-state index is -0.318. The lowest BCUT2D eigenvalue weighted by atomic mass is 10.0. The lowest BCUT2D eigenvalue weighted by Crippen LogP contribution is -2.42. The van der Waals surface area contributed by atoms with Crippen molar-refractivity contribution in [3.63, 3.8) is 0 Å². The minimum absolute atomic E-state index is 0.318. The molecule has 0 bridgehead atoms. The summed E-state index contributed by atoms with van der Waals surface area (Å²) in [7, 11) is 0. The number of hydrogen-bond acceptors (Lipinski definition) is 6. The number of para-hydroxylation sites is 1. The van der Waals surface area contributed by atoms with E-state index in [4.69, 9.17) is 10.5 Å². The Balaban J connectivity index is 0.000000429. The van der Waals surface area contributed by atoms with Crippen LogP contribution in [0.2, 0.25) is 0 Å². The first-order valence-corrected chi connectivity index (χ1v) is 12.1. The van der Waals surface area contributed by atoms with Crippen molar-refractivity contribution in [2.45, 2.75) is 39.5 Å². The van der Waals surface area contributed by atoms with Gasteiger partial charge >= 0.3 is 0 Å². The summed E-state index contributed by atoms with van der Waals surface area (Å²) >= 11 is 0. The van der Waals surface area contributed by atoms with Crippen LogP contribution in [-0.4, -0.2) is 43.2 Å². The maximum absolute atomic E-state index is 9.60. The van der Waals surface area contributed by atoms with E-state index in [2.05, 4.69) is 57.4 Å². The van der Waals surface area contributed by atoms with Crippen molar-refractivity contribution in [1.29, 1.82) is 0 Å². The highest BCUT2D eigenvalue weighted by Crippen LogP contribution is 2.32. The Hall–Kier alpha value is -3.19. The molecule has 35 heavy (non-hydrogen) atoms. The summed E-state index contributed by atoms with van der Waals surface area (Å²) in [6, 6.07) is 24.9. The van der Waals surface area contributed by atoms with Crippen LogP contribution in [0.5, 0.6) is 11.5 Å². The smallest absolute Gasteiger partial charge is 0.293 e. The van der Waals surface area contributed by atoms with E-state index in [-0.39, 0.29) is 5.60 Å². The monoisotopic (exact) mass is 475 g/mol. The number of nitrogens with zero attached hydrogens (tertiary/aromatic N) is 1. The number of piperazine rings is 1. The number of benzene rings is 3. The van der Waals surface area contributed by atoms with Gasteiger partial charge in [0.15, 0.2) is 0 Å². The van der Waals surface area contributed by atoms with E-state index in [1.807, 2.05) is 51.1 Å². The molecule has 186 valence electrons. The van der Waals surface area contributed by atoms with Crippen molar-refractivity contribution in [2.24, 2.45) is 5.73 Å². The fourth-order valence-electron chi connectivity index (χ4n) is 3.71. The van der Waals surface area contributed by atoms with Crippen LogP contribution in [0.25, 0.3) is 11.1 Å². The van der Waals surface area contributed by atoms with E-state index in [1.54, 1.807) is 0 Å². The molecule has 3 N–H and O–H groups in total. The second-order valence-electron chi connectivity index (χ2n) is 9.49. The SMILES string of the molecule is CC(C)(C)OC=O.NCc1cccc(-c2ccc(CN3CCNCC3)c(Oc3ccccc3)c2)c1. The van der Waals surface area contributed by atoms with Crippen LogP contribution in [0.15, 0.2) is 72.8 Å². The fourth-order valence-corrected chi connectivity index (χ4v) is 3.71. The summed E-state index contributed by atoms with van der Waals surface area (Å²) in [6.07, 6.45) is 0. The van der Waals surface area contributed by atoms with Crippen LogP contribution in [0.1, 0.15) is 31.9 Å². The van der Waals surface area contributed by atoms with Gasteiger partial charge in [0.1, 0.15) is 17.1 Å². The van der Waals surface area contributed by atoms with Gasteiger partial charge in [-0.05, 0) is 61.7 Å². The zero-order chi connectivity index (χ0) is 25.1. The standard InChI is InChI=1S/C24H27N3O.C5H10O2/c25-17-19-5-4-6-20(15-19)21-9-10-22(18-27-13-11-26-12-14-27)24(16-21)28-23-7-2-1-3-8-23;1-5(2,3)7-4-6/h1-10,15-16,26H,11-14,17-18,25H2;4H,1-3H3. The number of nitrogens with two attached hydrogens (primary N) is 1. The van der Waals surface area contributed by atoms with Crippen LogP contribution in [0.4, 0.5) is 0 Å². The number of hydrogen-bond donors (Lipinski definition) is 2. The van der Waals surface area contributed by atoms with Gasteiger partial charge < -0.3 is 20.5 Å². The van der Waals surface area contributed by atoms with Gasteiger partial charge in [-0.1, -0.05) is 48.5 Å². The fraction of sp³-hybridized carbons (Fsp3) is 0.345. The topological polar surface area (TPSA) is 76.8 Å². The third kappa shape index (κ3) is 8.83. The third-order valence-electron chi connectivity index (χ3n) is 5.54. The zero-order valence-electron chi connectivity index (χ0n) is 21.0. The number of carbonyl (C=O) groups is 1. The van der Waals surface area contributed by atoms with Crippen LogP contribution in [-0.2, 0) is 22.6 Å². The van der Waals surface area contributed by atoms with Crippen LogP contribution in [0, 0.1) is 0 Å². The quantitative estimate of drug-likeness (QED) is 0.470. The van der Waals surface area contributed by atoms with Crippen molar-refractivity contribution < 1.29 is 14.3 Å². The van der Waals surface area contributed by atoms with E-state index in [0.29, 0.717) is 13.0 Å². The van der Waals surface area contributed by atoms with Crippen LogP contribution >= 0.6 is 0 Å². The molecule has 6 heteroatoms. The van der Waals surface area contributed by atoms with E-state index in [1.165, 1.54) is 5.56 Å². The van der Waals surface area contributed by atoms with Gasteiger partial charge in [0.05, 0.1) is 0 Å². The van der Waals surface area contributed by atoms with Gasteiger partial charge in [-0.15, -0.1) is 0 Å². The lowest BCUT2D eigenvalue weighted by molar-refractivity contribution is -0.138. The summed E-state index contributed by atoms with van der Waals surface area (Å²) in [5, 5.41) is 3.41. The maximum Gasteiger partial charge on any atom is 0.293 e. The Labute approximate surface area is 209 Å². The number of ether oxygens (including phenoxy) is 2. The Bertz CT molecular complexity index is 1060. The average molecular weight is 476 g/mol. The summed E-state index contributed by atoms with van der Waals surface area (Å²) in [5.74, 6) is 1.78. The largest absolute Gasteiger partial charge is 0.462 e. The highest BCUT2D eigenvalue weighted by atomic mass is 16.5. The Morgan fingerprint density at radius 1 is 0.943 bits per heavy atom. The maximum atomic E-state index is 9.60. The van der Waals surface area contributed by atoms with Crippen molar-refractivity contribution in [2.75, 3.05) is 26.2 Å². The van der Waals surface area contributed by atoms with Gasteiger partial charge in [0, 0.05) is 44.8 Å². The number of carbonyl (C=O) groups excluding carboxylic acids is 1. The number of rotatable bonds is 7. The Morgan fingerprint density at radius 3 is 2.29 bits per heavy atom. The van der Waals surface area contributed by atoms with E-state index < -0.39 is 0 Å². The molecule has 1 heterocycles. The van der Waals surface area contributed by atoms with Crippen molar-refractivity contribution in [3.05, 3.63) is 83.9 Å². The molecule has 0 saturated carbocycles. The molecule has 6 nitrogen and oxygen atoms in total. The average Bonchev–Trinajstić information content (AvgIpc) is 2.86. The van der Waals surface area contributed by atoms with Gasteiger partial charge in [-0.2, -0.15) is 0 Å². The number of nitrogens with one attached hydrogen (secondary N) is 1. The van der Waals surface area contributed by atoms with E-state index in [9.17, 15) is 4.79 Å². The molecule has 4 rings (SSSR count). The first kappa shape index (κ1) is 26.4. The van der Waals surface area contributed by atoms with Crippen molar-refractivity contribution in [1.82, 2.24) is 10.2 Å². The van der Waals surface area contributed by atoms with Crippen molar-refractivity contribution in [3.8, 4) is 22.6 Å². The van der Waals surface area contributed by atoms with Gasteiger partial charge in [-0.25, -0.2) is 0 Å². The molecule has 0 aromatic heterocycles. The molecule has 0 unspecified atom stereocenters. The van der Waals surface area contributed by atoms with Crippen molar-refractivity contribution >= 4 is 6.47 Å². The summed E-state index contributed by atoms with van der Waals surface area (Å²) in [4.78, 5) is 12.1. The predicted molar refractivity (Wildman–Crippen MR) is 141 cm³/mol. The first-order chi connectivity index (χ1) is 16.9. The third-order valence-corrected chi connectivity index (χ3v) is 5.54. The molecule has 3 aromatic carbocycles. The zero-order valence-corrected chi connectivity index (χ0v) is 21.0. The van der Waals surface area contributed by atoms with E-state index >= 15 is 0 Å². The molecule has 1 aliphatic rings. The van der Waals surface area contributed by atoms with Crippen LogP contribution in [0.3, 0.4) is 0 Å². The lowest BCUT2D eigenvalue weighted by Gasteiger charge is -2.28. The van der Waals surface area contributed by atoms with Gasteiger partial charge in [0.2, 0.25) is 0 Å². The molecule has 1 aliphatic heterocycles. The second kappa shape index (κ2) is 13.0. The van der Waals surface area contributed by atoms with Crippen LogP contribution < -0.4 is 15.8 Å². The molecular weight excluding hydrogens is 438 g/mol. The minimum Gasteiger partial charge on any atom is -0.462 e. The predicted octanol–water partition coefficient (Wildman–Crippen LogP) is 4.97. The molecule has 0 aliphatic carbocycles. The molecule has 0 radical (unpaired) electrons. The summed E-state index contributed by atoms with van der Waals surface area (Å²) < 4.78 is 10.9. The molecule has 3 aromatic rings. The molecule has 0 atom stereocenters. The van der Waals surface area contributed by atoms with Gasteiger partial charge in [0.25, 0.3) is 6.47 Å². The van der Waals surface area contributed by atoms with Gasteiger partial charge in [-0.3, -0.25) is 9.69 Å². The molecule has 1 saturated heterocycles. The normalized spacial score (nSPS) is 13.9. The highest BCUT2D eigenvalue weighted by molar-refractivity contribution is 5.67.